The molecule has 2 rings (SSSR count). The Morgan fingerprint density at radius 3 is 2.76 bits per heavy atom. The molecule has 1 aromatic rings. The summed E-state index contributed by atoms with van der Waals surface area (Å²) in [6, 6.07) is 5.82. The Morgan fingerprint density at radius 2 is 2.05 bits per heavy atom. The van der Waals surface area contributed by atoms with Crippen molar-refractivity contribution in [2.24, 2.45) is 5.41 Å². The van der Waals surface area contributed by atoms with Crippen LogP contribution in [0.25, 0.3) is 0 Å². The average Bonchev–Trinajstić information content (AvgIpc) is 2.61. The number of hydrogen-bond donors (Lipinski definition) is 2. The van der Waals surface area contributed by atoms with E-state index in [1.54, 1.807) is 19.2 Å². The topological polar surface area (TPSA) is 41.1 Å². The van der Waals surface area contributed by atoms with Crippen LogP contribution in [-0.2, 0) is 0 Å². The third-order valence-electron chi connectivity index (χ3n) is 4.39. The summed E-state index contributed by atoms with van der Waals surface area (Å²) in [4.78, 5) is 11.7. The highest BCUT2D eigenvalue weighted by atomic mass is 35.5. The van der Waals surface area contributed by atoms with Crippen molar-refractivity contribution in [3.8, 4) is 0 Å². The van der Waals surface area contributed by atoms with Crippen molar-refractivity contribution in [3.63, 3.8) is 0 Å². The van der Waals surface area contributed by atoms with Gasteiger partial charge < -0.3 is 10.6 Å². The average molecular weight is 309 g/mol. The van der Waals surface area contributed by atoms with E-state index >= 15 is 0 Å². The van der Waals surface area contributed by atoms with Crippen LogP contribution in [0, 0.1) is 5.41 Å². The van der Waals surface area contributed by atoms with Crippen molar-refractivity contribution in [1.29, 1.82) is 0 Å². The number of hydrogen-bond acceptors (Lipinski definition) is 2. The zero-order valence-corrected chi connectivity index (χ0v) is 13.9. The van der Waals surface area contributed by atoms with Gasteiger partial charge in [-0.15, -0.1) is 0 Å². The Labute approximate surface area is 132 Å². The van der Waals surface area contributed by atoms with Crippen molar-refractivity contribution in [2.45, 2.75) is 52.0 Å². The zero-order chi connectivity index (χ0) is 15.5. The van der Waals surface area contributed by atoms with E-state index in [1.807, 2.05) is 6.07 Å². The molecule has 0 bridgehead atoms. The van der Waals surface area contributed by atoms with Crippen LogP contribution in [0.15, 0.2) is 18.2 Å². The maximum absolute atomic E-state index is 11.7. The molecule has 0 saturated heterocycles. The molecular weight excluding hydrogens is 284 g/mol. The number of anilines is 1. The number of nitrogens with one attached hydrogen (secondary N) is 2. The predicted octanol–water partition coefficient (Wildman–Crippen LogP) is 4.47. The Hall–Kier alpha value is -1.22. The SMILES string of the molecule is CNC(=O)c1ccc(Cl)c(NC2CCCC(C)(C)CC2)c1. The van der Waals surface area contributed by atoms with E-state index < -0.39 is 0 Å². The lowest BCUT2D eigenvalue weighted by molar-refractivity contribution is 0.0963. The quantitative estimate of drug-likeness (QED) is 0.809. The first-order chi connectivity index (χ1) is 9.91. The zero-order valence-electron chi connectivity index (χ0n) is 13.1. The molecule has 1 unspecified atom stereocenters. The van der Waals surface area contributed by atoms with Crippen LogP contribution < -0.4 is 10.6 Å². The van der Waals surface area contributed by atoms with Crippen LogP contribution in [0.1, 0.15) is 56.3 Å². The van der Waals surface area contributed by atoms with Crippen LogP contribution in [0.2, 0.25) is 5.02 Å². The van der Waals surface area contributed by atoms with Crippen molar-refractivity contribution in [3.05, 3.63) is 28.8 Å². The molecule has 1 aliphatic rings. The maximum atomic E-state index is 11.7. The van der Waals surface area contributed by atoms with Gasteiger partial charge in [0.1, 0.15) is 0 Å². The minimum atomic E-state index is -0.0864. The van der Waals surface area contributed by atoms with Crippen LogP contribution in [0.3, 0.4) is 0 Å². The molecule has 1 amide bonds. The molecule has 1 aromatic carbocycles. The number of amides is 1. The van der Waals surface area contributed by atoms with Gasteiger partial charge >= 0.3 is 0 Å². The summed E-state index contributed by atoms with van der Waals surface area (Å²) in [5, 5.41) is 6.85. The van der Waals surface area contributed by atoms with Crippen LogP contribution in [0.4, 0.5) is 5.69 Å². The second kappa shape index (κ2) is 6.69. The second-order valence-electron chi connectivity index (χ2n) is 6.71. The fourth-order valence-corrected chi connectivity index (χ4v) is 3.12. The molecule has 1 saturated carbocycles. The lowest BCUT2D eigenvalue weighted by Crippen LogP contribution is -2.21. The predicted molar refractivity (Wildman–Crippen MR) is 89.1 cm³/mol. The molecule has 21 heavy (non-hydrogen) atoms. The number of carbonyl (C=O) groups is 1. The van der Waals surface area contributed by atoms with Crippen LogP contribution in [0.5, 0.6) is 0 Å². The minimum absolute atomic E-state index is 0.0864. The molecule has 116 valence electrons. The molecule has 1 fully saturated rings. The molecule has 1 aliphatic carbocycles. The minimum Gasteiger partial charge on any atom is -0.381 e. The molecule has 0 radical (unpaired) electrons. The largest absolute Gasteiger partial charge is 0.381 e. The van der Waals surface area contributed by atoms with E-state index in [9.17, 15) is 4.79 Å². The summed E-state index contributed by atoms with van der Waals surface area (Å²) in [6.07, 6.45) is 6.03. The van der Waals surface area contributed by atoms with Crippen molar-refractivity contribution >= 4 is 23.2 Å². The van der Waals surface area contributed by atoms with Gasteiger partial charge in [-0.1, -0.05) is 31.9 Å². The summed E-state index contributed by atoms with van der Waals surface area (Å²) in [7, 11) is 1.64. The van der Waals surface area contributed by atoms with Crippen molar-refractivity contribution < 1.29 is 4.79 Å². The van der Waals surface area contributed by atoms with Crippen LogP contribution in [-0.4, -0.2) is 19.0 Å². The Bertz CT molecular complexity index is 514. The first kappa shape index (κ1) is 16.2. The highest BCUT2D eigenvalue weighted by Crippen LogP contribution is 2.35. The first-order valence-electron chi connectivity index (χ1n) is 7.69. The molecule has 0 aliphatic heterocycles. The number of rotatable bonds is 3. The molecule has 2 N–H and O–H groups in total. The maximum Gasteiger partial charge on any atom is 0.251 e. The second-order valence-corrected chi connectivity index (χ2v) is 7.12. The molecule has 1 atom stereocenters. The summed E-state index contributed by atoms with van der Waals surface area (Å²) < 4.78 is 0. The standard InChI is InChI=1S/C17H25ClN2O/c1-17(2)9-4-5-13(8-10-17)20-15-11-12(16(21)19-3)6-7-14(15)18/h6-7,11,13,20H,4-5,8-10H2,1-3H3,(H,19,21). The highest BCUT2D eigenvalue weighted by molar-refractivity contribution is 6.33. The Kier molecular flexibility index (Phi) is 5.15. The van der Waals surface area contributed by atoms with E-state index in [2.05, 4.69) is 24.5 Å². The molecule has 3 nitrogen and oxygen atoms in total. The molecule has 4 heteroatoms. The Balaban J connectivity index is 2.10. The third kappa shape index (κ3) is 4.37. The fourth-order valence-electron chi connectivity index (χ4n) is 2.95. The molecule has 0 spiro atoms. The summed E-state index contributed by atoms with van der Waals surface area (Å²) in [6.45, 7) is 4.68. The van der Waals surface area contributed by atoms with Gasteiger partial charge in [0.05, 0.1) is 10.7 Å². The van der Waals surface area contributed by atoms with Crippen molar-refractivity contribution in [1.82, 2.24) is 5.32 Å². The van der Waals surface area contributed by atoms with E-state index in [0.29, 0.717) is 22.0 Å². The summed E-state index contributed by atoms with van der Waals surface area (Å²) in [5.41, 5.74) is 1.94. The number of carbonyl (C=O) groups excluding carboxylic acids is 1. The van der Waals surface area contributed by atoms with Gasteiger partial charge in [0.25, 0.3) is 5.91 Å². The van der Waals surface area contributed by atoms with E-state index in [1.165, 1.54) is 19.3 Å². The van der Waals surface area contributed by atoms with Gasteiger partial charge in [0.15, 0.2) is 0 Å². The highest BCUT2D eigenvalue weighted by Gasteiger charge is 2.24. The van der Waals surface area contributed by atoms with E-state index in [0.717, 1.165) is 18.5 Å². The van der Waals surface area contributed by atoms with Crippen LogP contribution >= 0.6 is 11.6 Å². The van der Waals surface area contributed by atoms with Gasteiger partial charge in [-0.2, -0.15) is 0 Å². The van der Waals surface area contributed by atoms with E-state index in [-0.39, 0.29) is 5.91 Å². The smallest absolute Gasteiger partial charge is 0.251 e. The van der Waals surface area contributed by atoms with Gasteiger partial charge in [-0.3, -0.25) is 4.79 Å². The van der Waals surface area contributed by atoms with E-state index in [4.69, 9.17) is 11.6 Å². The number of halogens is 1. The van der Waals surface area contributed by atoms with Gasteiger partial charge in [0, 0.05) is 18.7 Å². The Morgan fingerprint density at radius 1 is 1.29 bits per heavy atom. The third-order valence-corrected chi connectivity index (χ3v) is 4.72. The molecule has 0 aromatic heterocycles. The summed E-state index contributed by atoms with van der Waals surface area (Å²) in [5.74, 6) is -0.0864. The monoisotopic (exact) mass is 308 g/mol. The van der Waals surface area contributed by atoms with Gasteiger partial charge in [-0.25, -0.2) is 0 Å². The van der Waals surface area contributed by atoms with Gasteiger partial charge in [-0.05, 0) is 49.3 Å². The fraction of sp³-hybridized carbons (Fsp3) is 0.588. The first-order valence-corrected chi connectivity index (χ1v) is 8.07. The van der Waals surface area contributed by atoms with Gasteiger partial charge in [0.2, 0.25) is 0 Å². The lowest BCUT2D eigenvalue weighted by atomic mass is 9.85. The normalized spacial score (nSPS) is 21.4. The summed E-state index contributed by atoms with van der Waals surface area (Å²) >= 11 is 6.27. The molecular formula is C17H25ClN2O. The van der Waals surface area contributed by atoms with Crippen molar-refractivity contribution in [2.75, 3.05) is 12.4 Å². The molecule has 0 heterocycles. The lowest BCUT2D eigenvalue weighted by Gasteiger charge is -2.22. The number of benzene rings is 1.